The van der Waals surface area contributed by atoms with Crippen LogP contribution in [0.5, 0.6) is 17.2 Å². The van der Waals surface area contributed by atoms with Crippen LogP contribution in [0.25, 0.3) is 0 Å². The summed E-state index contributed by atoms with van der Waals surface area (Å²) in [6, 6.07) is 3.32. The average molecular weight is 461 g/mol. The molecule has 0 fully saturated rings. The number of aromatic hydroxyl groups is 1. The Morgan fingerprint density at radius 2 is 1.72 bits per heavy atom. The molecule has 0 aliphatic rings. The molecule has 0 aliphatic heterocycles. The lowest BCUT2D eigenvalue weighted by atomic mass is 9.99. The smallest absolute Gasteiger partial charge is 0.312 e. The third kappa shape index (κ3) is 5.07. The van der Waals surface area contributed by atoms with E-state index in [1.165, 1.54) is 0 Å². The Morgan fingerprint density at radius 1 is 1.10 bits per heavy atom. The largest absolute Gasteiger partial charge is 0.507 e. The van der Waals surface area contributed by atoms with Crippen LogP contribution in [-0.4, -0.2) is 22.1 Å². The number of aryl methyl sites for hydroxylation is 1. The Bertz CT molecular complexity index is 960. The number of halogens is 3. The Balaban J connectivity index is 2.48. The highest BCUT2D eigenvalue weighted by molar-refractivity contribution is 6.47. The van der Waals surface area contributed by atoms with Gasteiger partial charge in [-0.1, -0.05) is 48.7 Å². The first kappa shape index (κ1) is 23.1. The van der Waals surface area contributed by atoms with Crippen LogP contribution < -0.4 is 10.1 Å². The Labute approximate surface area is 183 Å². The summed E-state index contributed by atoms with van der Waals surface area (Å²) in [6.07, 6.45) is -0.728. The zero-order valence-corrected chi connectivity index (χ0v) is 18.5. The van der Waals surface area contributed by atoms with E-state index < -0.39 is 18.3 Å². The van der Waals surface area contributed by atoms with Crippen molar-refractivity contribution in [1.82, 2.24) is 0 Å². The van der Waals surface area contributed by atoms with Gasteiger partial charge in [-0.15, -0.1) is 0 Å². The number of ether oxygens (including phenoxy) is 1. The van der Waals surface area contributed by atoms with Crippen LogP contribution in [-0.2, 0) is 9.59 Å². The monoisotopic (exact) mass is 459 g/mol. The number of hydrogen-bond acceptors (Lipinski definition) is 4. The van der Waals surface area contributed by atoms with Gasteiger partial charge in [0.15, 0.2) is 5.75 Å². The van der Waals surface area contributed by atoms with E-state index in [9.17, 15) is 14.7 Å². The molecule has 0 bridgehead atoms. The van der Waals surface area contributed by atoms with Gasteiger partial charge in [0, 0.05) is 5.56 Å². The molecule has 0 saturated heterocycles. The molecule has 0 aliphatic carbocycles. The van der Waals surface area contributed by atoms with Crippen molar-refractivity contribution in [2.45, 2.75) is 40.0 Å². The molecule has 2 aromatic rings. The maximum Gasteiger partial charge on any atom is 0.312 e. The summed E-state index contributed by atoms with van der Waals surface area (Å²) in [7, 11) is 0. The Morgan fingerprint density at radius 3 is 2.28 bits per heavy atom. The number of carboxylic acids is 1. The molecule has 0 unspecified atom stereocenters. The van der Waals surface area contributed by atoms with Gasteiger partial charge < -0.3 is 20.3 Å². The molecule has 9 heteroatoms. The van der Waals surface area contributed by atoms with Crippen molar-refractivity contribution in [3.63, 3.8) is 0 Å². The molecule has 0 spiro atoms. The summed E-state index contributed by atoms with van der Waals surface area (Å²) < 4.78 is 5.89. The molecule has 1 amide bonds. The van der Waals surface area contributed by atoms with Gasteiger partial charge in [-0.3, -0.25) is 9.59 Å². The standard InChI is InChI=1S/C20H20Cl3NO5/c1-8(2)12-6-11(5-9(3)19(12)28)29-20-15(21)10(4)18(16(22)17(20)23)24-13(25)7-14(26)27/h5-6,8,28H,7H2,1-4H3,(H,24,25)(H,26,27). The van der Waals surface area contributed by atoms with Crippen molar-refractivity contribution >= 4 is 52.4 Å². The fourth-order valence-electron chi connectivity index (χ4n) is 2.70. The quantitative estimate of drug-likeness (QED) is 0.347. The maximum absolute atomic E-state index is 11.8. The minimum atomic E-state index is -1.28. The summed E-state index contributed by atoms with van der Waals surface area (Å²) in [5.74, 6) is -1.30. The summed E-state index contributed by atoms with van der Waals surface area (Å²) in [5, 5.41) is 21.4. The average Bonchev–Trinajstić information content (AvgIpc) is 2.62. The number of carbonyl (C=O) groups is 2. The number of anilines is 1. The van der Waals surface area contributed by atoms with Gasteiger partial charge in [-0.05, 0) is 43.0 Å². The van der Waals surface area contributed by atoms with E-state index in [2.05, 4.69) is 5.32 Å². The molecule has 156 valence electrons. The zero-order valence-electron chi connectivity index (χ0n) is 16.2. The number of phenols is 1. The van der Waals surface area contributed by atoms with Crippen LogP contribution in [0.15, 0.2) is 12.1 Å². The van der Waals surface area contributed by atoms with E-state index in [1.54, 1.807) is 26.0 Å². The maximum atomic E-state index is 11.8. The number of phenolic OH excluding ortho intramolecular Hbond substituents is 1. The molecule has 0 atom stereocenters. The fraction of sp³-hybridized carbons (Fsp3) is 0.300. The van der Waals surface area contributed by atoms with Gasteiger partial charge in [0.2, 0.25) is 5.91 Å². The Kier molecular flexibility index (Phi) is 7.27. The van der Waals surface area contributed by atoms with Gasteiger partial charge in [0.1, 0.15) is 22.9 Å². The first-order valence-electron chi connectivity index (χ1n) is 8.64. The van der Waals surface area contributed by atoms with Crippen molar-refractivity contribution in [1.29, 1.82) is 0 Å². The van der Waals surface area contributed by atoms with E-state index in [0.717, 1.165) is 0 Å². The van der Waals surface area contributed by atoms with Crippen LogP contribution >= 0.6 is 34.8 Å². The van der Waals surface area contributed by atoms with Gasteiger partial charge >= 0.3 is 5.97 Å². The second-order valence-electron chi connectivity index (χ2n) is 6.82. The molecule has 0 radical (unpaired) electrons. The van der Waals surface area contributed by atoms with Gasteiger partial charge in [-0.25, -0.2) is 0 Å². The van der Waals surface area contributed by atoms with Crippen LogP contribution in [0.3, 0.4) is 0 Å². The topological polar surface area (TPSA) is 95.9 Å². The number of benzene rings is 2. The van der Waals surface area contributed by atoms with Crippen LogP contribution in [0.1, 0.15) is 42.9 Å². The molecule has 3 N–H and O–H groups in total. The number of aliphatic carboxylic acids is 1. The fourth-order valence-corrected chi connectivity index (χ4v) is 3.48. The third-order valence-corrected chi connectivity index (χ3v) is 5.53. The molecule has 6 nitrogen and oxygen atoms in total. The number of amides is 1. The van der Waals surface area contributed by atoms with Gasteiger partial charge in [0.05, 0.1) is 15.7 Å². The summed E-state index contributed by atoms with van der Waals surface area (Å²) in [5.41, 5.74) is 1.81. The summed E-state index contributed by atoms with van der Waals surface area (Å²) in [4.78, 5) is 22.5. The van der Waals surface area contributed by atoms with Crippen LogP contribution in [0.2, 0.25) is 15.1 Å². The molecular weight excluding hydrogens is 441 g/mol. The first-order chi connectivity index (χ1) is 13.4. The first-order valence-corrected chi connectivity index (χ1v) is 9.77. The second-order valence-corrected chi connectivity index (χ2v) is 7.96. The molecule has 0 heterocycles. The van der Waals surface area contributed by atoms with Crippen molar-refractivity contribution in [3.8, 4) is 17.2 Å². The van der Waals surface area contributed by atoms with Gasteiger partial charge in [0.25, 0.3) is 0 Å². The molecule has 2 aromatic carbocycles. The molecule has 0 saturated carbocycles. The Hall–Kier alpha value is -2.15. The SMILES string of the molecule is Cc1cc(Oc2c(Cl)c(C)c(NC(=O)CC(=O)O)c(Cl)c2Cl)cc(C(C)C)c1O. The second kappa shape index (κ2) is 9.11. The zero-order chi connectivity index (χ0) is 22.0. The van der Waals surface area contributed by atoms with Crippen molar-refractivity contribution in [2.75, 3.05) is 5.32 Å². The lowest BCUT2D eigenvalue weighted by molar-refractivity contribution is -0.139. The number of rotatable bonds is 6. The van der Waals surface area contributed by atoms with E-state index >= 15 is 0 Å². The van der Waals surface area contributed by atoms with Gasteiger partial charge in [-0.2, -0.15) is 0 Å². The number of carbonyl (C=O) groups excluding carboxylic acids is 1. The normalized spacial score (nSPS) is 10.9. The van der Waals surface area contributed by atoms with Crippen molar-refractivity contribution in [3.05, 3.63) is 43.9 Å². The predicted molar refractivity (Wildman–Crippen MR) is 114 cm³/mol. The highest BCUT2D eigenvalue weighted by Gasteiger charge is 2.23. The summed E-state index contributed by atoms with van der Waals surface area (Å²) >= 11 is 19.0. The minimum Gasteiger partial charge on any atom is -0.507 e. The van der Waals surface area contributed by atoms with Crippen molar-refractivity contribution in [2.24, 2.45) is 0 Å². The van der Waals surface area contributed by atoms with E-state index in [4.69, 9.17) is 44.6 Å². The predicted octanol–water partition coefficient (Wildman–Crippen LogP) is 6.30. The van der Waals surface area contributed by atoms with E-state index in [-0.39, 0.29) is 38.2 Å². The lowest BCUT2D eigenvalue weighted by Gasteiger charge is -2.19. The van der Waals surface area contributed by atoms with E-state index in [0.29, 0.717) is 22.4 Å². The lowest BCUT2D eigenvalue weighted by Crippen LogP contribution is -2.17. The molecular formula is C20H20Cl3NO5. The highest BCUT2D eigenvalue weighted by Crippen LogP contribution is 2.48. The van der Waals surface area contributed by atoms with E-state index in [1.807, 2.05) is 13.8 Å². The summed E-state index contributed by atoms with van der Waals surface area (Å²) in [6.45, 7) is 7.22. The third-order valence-electron chi connectivity index (χ3n) is 4.24. The van der Waals surface area contributed by atoms with Crippen molar-refractivity contribution < 1.29 is 24.5 Å². The van der Waals surface area contributed by atoms with Crippen LogP contribution in [0.4, 0.5) is 5.69 Å². The highest BCUT2D eigenvalue weighted by atomic mass is 35.5. The number of hydrogen-bond donors (Lipinski definition) is 3. The van der Waals surface area contributed by atoms with Crippen LogP contribution in [0, 0.1) is 13.8 Å². The number of nitrogens with one attached hydrogen (secondary N) is 1. The molecule has 0 aromatic heterocycles. The minimum absolute atomic E-state index is 0.0260. The molecule has 29 heavy (non-hydrogen) atoms. The number of carboxylic acid groups (broad SMARTS) is 1. The molecule has 2 rings (SSSR count).